The molecule has 1 aromatic carbocycles. The van der Waals surface area contributed by atoms with Crippen molar-refractivity contribution in [1.29, 1.82) is 0 Å². The lowest BCUT2D eigenvalue weighted by Gasteiger charge is -2.18. The number of rotatable bonds is 4. The molecule has 3 rings (SSSR count). The Morgan fingerprint density at radius 2 is 2.30 bits per heavy atom. The van der Waals surface area contributed by atoms with Crippen LogP contribution in [0.5, 0.6) is 5.75 Å². The van der Waals surface area contributed by atoms with Crippen molar-refractivity contribution in [2.24, 2.45) is 11.7 Å². The van der Waals surface area contributed by atoms with Crippen LogP contribution in [0.1, 0.15) is 18.4 Å². The van der Waals surface area contributed by atoms with Gasteiger partial charge in [0.1, 0.15) is 12.4 Å². The van der Waals surface area contributed by atoms with Crippen LogP contribution in [0.25, 0.3) is 6.08 Å². The van der Waals surface area contributed by atoms with Crippen molar-refractivity contribution in [2.75, 3.05) is 13.2 Å². The zero-order valence-corrected chi connectivity index (χ0v) is 11.8. The molecule has 0 radical (unpaired) electrons. The lowest BCUT2D eigenvalue weighted by molar-refractivity contribution is -0.117. The first-order chi connectivity index (χ1) is 9.63. The molecule has 1 fully saturated rings. The first kappa shape index (κ1) is 13.5. The van der Waals surface area contributed by atoms with Gasteiger partial charge in [-0.2, -0.15) is 0 Å². The second kappa shape index (κ2) is 5.46. The molecule has 0 spiro atoms. The third-order valence-electron chi connectivity index (χ3n) is 3.70. The number of halogens is 1. The Balaban J connectivity index is 1.66. The van der Waals surface area contributed by atoms with Crippen LogP contribution in [0.3, 0.4) is 0 Å². The highest BCUT2D eigenvalue weighted by Gasteiger charge is 2.28. The number of carbonyl (C=O) groups is 1. The fourth-order valence-corrected chi connectivity index (χ4v) is 2.48. The van der Waals surface area contributed by atoms with Gasteiger partial charge in [-0.3, -0.25) is 4.79 Å². The molecule has 0 bridgehead atoms. The van der Waals surface area contributed by atoms with Crippen LogP contribution in [0.2, 0.25) is 5.02 Å². The summed E-state index contributed by atoms with van der Waals surface area (Å²) < 4.78 is 5.56. The van der Waals surface area contributed by atoms with Crippen LogP contribution in [0.4, 0.5) is 0 Å². The predicted molar refractivity (Wildman–Crippen MR) is 78.6 cm³/mol. The van der Waals surface area contributed by atoms with Gasteiger partial charge in [-0.05, 0) is 43.0 Å². The summed E-state index contributed by atoms with van der Waals surface area (Å²) in [5.74, 6) is 1.21. The van der Waals surface area contributed by atoms with Gasteiger partial charge in [0.15, 0.2) is 0 Å². The van der Waals surface area contributed by atoms with E-state index in [1.165, 1.54) is 12.8 Å². The molecule has 106 valence electrons. The predicted octanol–water partition coefficient (Wildman–Crippen LogP) is 1.97. The van der Waals surface area contributed by atoms with Gasteiger partial charge >= 0.3 is 0 Å². The highest BCUT2D eigenvalue weighted by Crippen LogP contribution is 2.31. The van der Waals surface area contributed by atoms with Gasteiger partial charge in [0, 0.05) is 23.2 Å². The zero-order chi connectivity index (χ0) is 14.1. The summed E-state index contributed by atoms with van der Waals surface area (Å²) in [6, 6.07) is 5.43. The van der Waals surface area contributed by atoms with Gasteiger partial charge < -0.3 is 15.8 Å². The molecule has 0 aromatic heterocycles. The van der Waals surface area contributed by atoms with E-state index in [0.29, 0.717) is 23.1 Å². The normalized spacial score (nSPS) is 18.6. The molecule has 4 nitrogen and oxygen atoms in total. The number of ether oxygens (including phenoxy) is 1. The van der Waals surface area contributed by atoms with Crippen LogP contribution in [0.15, 0.2) is 23.8 Å². The summed E-state index contributed by atoms with van der Waals surface area (Å²) >= 11 is 5.95. The van der Waals surface area contributed by atoms with Crippen molar-refractivity contribution in [3.63, 3.8) is 0 Å². The number of hydrogen-bond acceptors (Lipinski definition) is 3. The molecule has 1 atom stereocenters. The third-order valence-corrected chi connectivity index (χ3v) is 3.94. The summed E-state index contributed by atoms with van der Waals surface area (Å²) in [6.45, 7) is 0.794. The summed E-state index contributed by atoms with van der Waals surface area (Å²) in [7, 11) is 0. The Morgan fingerprint density at radius 1 is 1.50 bits per heavy atom. The lowest BCUT2D eigenvalue weighted by Crippen LogP contribution is -2.40. The number of fused-ring (bicyclic) bond motifs is 1. The second-order valence-electron chi connectivity index (χ2n) is 5.35. The topological polar surface area (TPSA) is 64.3 Å². The zero-order valence-electron chi connectivity index (χ0n) is 11.1. The smallest absolute Gasteiger partial charge is 0.250 e. The van der Waals surface area contributed by atoms with E-state index in [-0.39, 0.29) is 18.6 Å². The average Bonchev–Trinajstić information content (AvgIpc) is 3.28. The third kappa shape index (κ3) is 2.97. The van der Waals surface area contributed by atoms with Gasteiger partial charge in [0.25, 0.3) is 5.91 Å². The molecule has 2 aliphatic rings. The molecule has 3 N–H and O–H groups in total. The molecule has 1 aromatic rings. The minimum Gasteiger partial charge on any atom is -0.488 e. The van der Waals surface area contributed by atoms with Crippen LogP contribution in [0, 0.1) is 5.92 Å². The van der Waals surface area contributed by atoms with Gasteiger partial charge in [-0.25, -0.2) is 0 Å². The number of nitrogens with two attached hydrogens (primary N) is 1. The Kier molecular flexibility index (Phi) is 3.68. The SMILES string of the molecule is NC(CNC(=O)C1=Cc2cc(Cl)ccc2OC1)C1CC1. The van der Waals surface area contributed by atoms with E-state index < -0.39 is 0 Å². The van der Waals surface area contributed by atoms with Crippen molar-refractivity contribution in [3.8, 4) is 5.75 Å². The van der Waals surface area contributed by atoms with Crippen molar-refractivity contribution in [2.45, 2.75) is 18.9 Å². The number of benzene rings is 1. The number of nitrogens with one attached hydrogen (secondary N) is 1. The van der Waals surface area contributed by atoms with Gasteiger partial charge in [0.2, 0.25) is 0 Å². The molecule has 20 heavy (non-hydrogen) atoms. The van der Waals surface area contributed by atoms with E-state index in [9.17, 15) is 4.79 Å². The van der Waals surface area contributed by atoms with Gasteiger partial charge in [-0.15, -0.1) is 0 Å². The first-order valence-corrected chi connectivity index (χ1v) is 7.18. The molecule has 1 heterocycles. The van der Waals surface area contributed by atoms with Gasteiger partial charge in [-0.1, -0.05) is 11.6 Å². The molecular weight excluding hydrogens is 276 g/mol. The molecule has 0 saturated heterocycles. The Hall–Kier alpha value is -1.52. The number of carbonyl (C=O) groups excluding carboxylic acids is 1. The monoisotopic (exact) mass is 292 g/mol. The number of amides is 1. The van der Waals surface area contributed by atoms with Crippen molar-refractivity contribution >= 4 is 23.6 Å². The summed E-state index contributed by atoms with van der Waals surface area (Å²) in [4.78, 5) is 12.1. The minimum atomic E-state index is -0.119. The Bertz CT molecular complexity index is 567. The maximum atomic E-state index is 12.1. The van der Waals surface area contributed by atoms with Crippen molar-refractivity contribution in [3.05, 3.63) is 34.4 Å². The highest BCUT2D eigenvalue weighted by molar-refractivity contribution is 6.30. The fourth-order valence-electron chi connectivity index (χ4n) is 2.29. The molecule has 1 unspecified atom stereocenters. The van der Waals surface area contributed by atoms with Gasteiger partial charge in [0.05, 0.1) is 5.57 Å². The minimum absolute atomic E-state index is 0.0609. The second-order valence-corrected chi connectivity index (χ2v) is 5.79. The quantitative estimate of drug-likeness (QED) is 0.892. The van der Waals surface area contributed by atoms with E-state index in [4.69, 9.17) is 22.1 Å². The standard InChI is InChI=1S/C15H17ClN2O2/c16-12-3-4-14-10(6-12)5-11(8-20-14)15(19)18-7-13(17)9-1-2-9/h3-6,9,13H,1-2,7-8,17H2,(H,18,19). The molecule has 1 saturated carbocycles. The van der Waals surface area contributed by atoms with Crippen LogP contribution in [-0.4, -0.2) is 25.1 Å². The fraction of sp³-hybridized carbons (Fsp3) is 0.400. The Labute approximate surface area is 122 Å². The van der Waals surface area contributed by atoms with E-state index in [1.54, 1.807) is 12.1 Å². The van der Waals surface area contributed by atoms with Crippen LogP contribution < -0.4 is 15.8 Å². The number of hydrogen-bond donors (Lipinski definition) is 2. The summed E-state index contributed by atoms with van der Waals surface area (Å²) in [5, 5.41) is 3.50. The molecule has 1 amide bonds. The highest BCUT2D eigenvalue weighted by atomic mass is 35.5. The van der Waals surface area contributed by atoms with Crippen LogP contribution >= 0.6 is 11.6 Å². The largest absolute Gasteiger partial charge is 0.488 e. The first-order valence-electron chi connectivity index (χ1n) is 6.80. The maximum Gasteiger partial charge on any atom is 0.250 e. The van der Waals surface area contributed by atoms with E-state index in [1.807, 2.05) is 12.1 Å². The van der Waals surface area contributed by atoms with Crippen molar-refractivity contribution < 1.29 is 9.53 Å². The average molecular weight is 293 g/mol. The van der Waals surface area contributed by atoms with E-state index >= 15 is 0 Å². The molecular formula is C15H17ClN2O2. The molecule has 1 aliphatic heterocycles. The maximum absolute atomic E-state index is 12.1. The summed E-state index contributed by atoms with van der Waals surface area (Å²) in [6.07, 6.45) is 4.17. The van der Waals surface area contributed by atoms with Crippen LogP contribution in [-0.2, 0) is 4.79 Å². The van der Waals surface area contributed by atoms with Crippen molar-refractivity contribution in [1.82, 2.24) is 5.32 Å². The van der Waals surface area contributed by atoms with E-state index in [2.05, 4.69) is 5.32 Å². The van der Waals surface area contributed by atoms with E-state index in [0.717, 1.165) is 11.3 Å². The Morgan fingerprint density at radius 3 is 3.05 bits per heavy atom. The molecule has 1 aliphatic carbocycles. The molecule has 5 heteroatoms. The lowest BCUT2D eigenvalue weighted by atomic mass is 10.1. The summed E-state index contributed by atoms with van der Waals surface area (Å²) in [5.41, 5.74) is 7.40.